The maximum Gasteiger partial charge on any atom is 0.267 e. The second-order valence-electron chi connectivity index (χ2n) is 3.28. The Labute approximate surface area is 99.2 Å². The van der Waals surface area contributed by atoms with Gasteiger partial charge in [0.2, 0.25) is 0 Å². The molecule has 0 aliphatic heterocycles. The van der Waals surface area contributed by atoms with Crippen LogP contribution in [0.3, 0.4) is 0 Å². The maximum atomic E-state index is 12.7. The molecule has 16 heavy (non-hydrogen) atoms. The molecule has 0 aliphatic carbocycles. The van der Waals surface area contributed by atoms with Crippen molar-refractivity contribution >= 4 is 15.9 Å². The monoisotopic (exact) mass is 287 g/mol. The summed E-state index contributed by atoms with van der Waals surface area (Å²) in [5.41, 5.74) is 0.781. The Kier molecular flexibility index (Phi) is 3.00. The highest BCUT2D eigenvalue weighted by Gasteiger charge is 2.18. The molecular formula is C10H8BrF2N3. The number of alkyl halides is 2. The number of rotatable bonds is 2. The number of hydrogen-bond acceptors (Lipinski definition) is 2. The molecule has 0 radical (unpaired) electrons. The summed E-state index contributed by atoms with van der Waals surface area (Å²) in [4.78, 5) is 3.99. The van der Waals surface area contributed by atoms with E-state index in [1.807, 2.05) is 0 Å². The molecule has 6 heteroatoms. The van der Waals surface area contributed by atoms with E-state index in [2.05, 4.69) is 26.0 Å². The highest BCUT2D eigenvalue weighted by Crippen LogP contribution is 2.29. The van der Waals surface area contributed by atoms with Crippen LogP contribution in [0.2, 0.25) is 0 Å². The smallest absolute Gasteiger partial charge is 0.267 e. The standard InChI is InChI=1S/C10H8BrF2N3/c1-16-5-7(10(12)13)9(15-16)6-2-3-8(11)14-4-6/h2-5,10H,1H3. The van der Waals surface area contributed by atoms with Crippen LogP contribution in [0.25, 0.3) is 11.3 Å². The zero-order valence-electron chi connectivity index (χ0n) is 8.36. The molecule has 3 nitrogen and oxygen atoms in total. The van der Waals surface area contributed by atoms with Gasteiger partial charge in [-0.15, -0.1) is 0 Å². The maximum absolute atomic E-state index is 12.7. The summed E-state index contributed by atoms with van der Waals surface area (Å²) in [5.74, 6) is 0. The second-order valence-corrected chi connectivity index (χ2v) is 4.09. The van der Waals surface area contributed by atoms with Crippen LogP contribution in [-0.2, 0) is 7.05 Å². The predicted octanol–water partition coefficient (Wildman–Crippen LogP) is 3.18. The normalized spacial score (nSPS) is 11.1. The minimum Gasteiger partial charge on any atom is -0.275 e. The van der Waals surface area contributed by atoms with Crippen LogP contribution in [-0.4, -0.2) is 14.8 Å². The summed E-state index contributed by atoms with van der Waals surface area (Å²) < 4.78 is 27.5. The van der Waals surface area contributed by atoms with Crippen LogP contribution >= 0.6 is 15.9 Å². The van der Waals surface area contributed by atoms with Gasteiger partial charge in [-0.05, 0) is 28.1 Å². The Hall–Kier alpha value is -1.30. The number of pyridine rings is 1. The van der Waals surface area contributed by atoms with Crippen LogP contribution < -0.4 is 0 Å². The highest BCUT2D eigenvalue weighted by atomic mass is 79.9. The summed E-state index contributed by atoms with van der Waals surface area (Å²) in [6.45, 7) is 0. The highest BCUT2D eigenvalue weighted by molar-refractivity contribution is 9.10. The van der Waals surface area contributed by atoms with Crippen molar-refractivity contribution < 1.29 is 8.78 Å². The molecular weight excluding hydrogens is 280 g/mol. The molecule has 0 fully saturated rings. The van der Waals surface area contributed by atoms with E-state index in [9.17, 15) is 8.78 Å². The second kappa shape index (κ2) is 4.29. The van der Waals surface area contributed by atoms with Gasteiger partial charge < -0.3 is 0 Å². The predicted molar refractivity (Wildman–Crippen MR) is 59.1 cm³/mol. The summed E-state index contributed by atoms with van der Waals surface area (Å²) in [5, 5.41) is 4.01. The van der Waals surface area contributed by atoms with E-state index in [1.165, 1.54) is 17.1 Å². The summed E-state index contributed by atoms with van der Waals surface area (Å²) >= 11 is 3.19. The molecule has 0 bridgehead atoms. The van der Waals surface area contributed by atoms with E-state index in [0.29, 0.717) is 10.2 Å². The van der Waals surface area contributed by atoms with Crippen molar-refractivity contribution in [3.63, 3.8) is 0 Å². The van der Waals surface area contributed by atoms with Crippen LogP contribution in [0.15, 0.2) is 29.1 Å². The summed E-state index contributed by atoms with van der Waals surface area (Å²) in [7, 11) is 1.61. The first-order valence-corrected chi connectivity index (χ1v) is 5.31. The van der Waals surface area contributed by atoms with Crippen LogP contribution in [0.1, 0.15) is 12.0 Å². The van der Waals surface area contributed by atoms with Gasteiger partial charge >= 0.3 is 0 Å². The topological polar surface area (TPSA) is 30.7 Å². The SMILES string of the molecule is Cn1cc(C(F)F)c(-c2ccc(Br)nc2)n1. The van der Waals surface area contributed by atoms with Gasteiger partial charge in [0.15, 0.2) is 0 Å². The Morgan fingerprint density at radius 2 is 2.12 bits per heavy atom. The van der Waals surface area contributed by atoms with Crippen LogP contribution in [0.4, 0.5) is 8.78 Å². The van der Waals surface area contributed by atoms with E-state index in [0.717, 1.165) is 0 Å². The lowest BCUT2D eigenvalue weighted by Crippen LogP contribution is -1.89. The first kappa shape index (κ1) is 11.2. The number of aromatic nitrogens is 3. The first-order chi connectivity index (χ1) is 7.58. The minimum atomic E-state index is -2.53. The van der Waals surface area contributed by atoms with Gasteiger partial charge in [0.1, 0.15) is 10.3 Å². The van der Waals surface area contributed by atoms with Gasteiger partial charge in [0.05, 0.1) is 5.56 Å². The number of nitrogens with zero attached hydrogens (tertiary/aromatic N) is 3. The van der Waals surface area contributed by atoms with Gasteiger partial charge in [-0.1, -0.05) is 0 Å². The Morgan fingerprint density at radius 3 is 2.69 bits per heavy atom. The van der Waals surface area contributed by atoms with E-state index < -0.39 is 6.43 Å². The fourth-order valence-corrected chi connectivity index (χ4v) is 1.64. The van der Waals surface area contributed by atoms with E-state index in [4.69, 9.17) is 0 Å². The number of hydrogen-bond donors (Lipinski definition) is 0. The molecule has 0 saturated carbocycles. The van der Waals surface area contributed by atoms with Gasteiger partial charge in [-0.2, -0.15) is 5.10 Å². The van der Waals surface area contributed by atoms with Gasteiger partial charge in [0.25, 0.3) is 6.43 Å². The fraction of sp³-hybridized carbons (Fsp3) is 0.200. The molecule has 0 aliphatic rings. The average Bonchev–Trinajstić information content (AvgIpc) is 2.61. The lowest BCUT2D eigenvalue weighted by molar-refractivity contribution is 0.152. The van der Waals surface area contributed by atoms with Crippen LogP contribution in [0.5, 0.6) is 0 Å². The summed E-state index contributed by atoms with van der Waals surface area (Å²) in [6, 6.07) is 3.39. The first-order valence-electron chi connectivity index (χ1n) is 4.51. The largest absolute Gasteiger partial charge is 0.275 e. The van der Waals surface area contributed by atoms with Crippen molar-refractivity contribution in [2.45, 2.75) is 6.43 Å². The van der Waals surface area contributed by atoms with Crippen molar-refractivity contribution in [1.82, 2.24) is 14.8 Å². The molecule has 2 rings (SSSR count). The van der Waals surface area contributed by atoms with Crippen molar-refractivity contribution in [2.24, 2.45) is 7.05 Å². The molecule has 84 valence electrons. The number of halogens is 3. The molecule has 0 amide bonds. The molecule has 0 atom stereocenters. The zero-order chi connectivity index (χ0) is 11.7. The van der Waals surface area contributed by atoms with Gasteiger partial charge in [-0.3, -0.25) is 4.68 Å². The molecule has 0 saturated heterocycles. The Bertz CT molecular complexity index is 493. The third-order valence-electron chi connectivity index (χ3n) is 2.09. The summed E-state index contributed by atoms with van der Waals surface area (Å²) in [6.07, 6.45) is 0.299. The van der Waals surface area contributed by atoms with Crippen LogP contribution in [0, 0.1) is 0 Å². The molecule has 2 aromatic rings. The van der Waals surface area contributed by atoms with Gasteiger partial charge in [0, 0.05) is 25.0 Å². The van der Waals surface area contributed by atoms with Crippen molar-refractivity contribution in [3.05, 3.63) is 34.7 Å². The molecule has 0 spiro atoms. The Morgan fingerprint density at radius 1 is 1.38 bits per heavy atom. The zero-order valence-corrected chi connectivity index (χ0v) is 9.95. The average molecular weight is 288 g/mol. The van der Waals surface area contributed by atoms with E-state index in [1.54, 1.807) is 19.2 Å². The Balaban J connectivity index is 2.50. The third-order valence-corrected chi connectivity index (χ3v) is 2.56. The fourth-order valence-electron chi connectivity index (χ4n) is 1.41. The molecule has 0 aromatic carbocycles. The molecule has 2 aromatic heterocycles. The lowest BCUT2D eigenvalue weighted by atomic mass is 10.1. The third kappa shape index (κ3) is 2.11. The van der Waals surface area contributed by atoms with Gasteiger partial charge in [-0.25, -0.2) is 13.8 Å². The molecule has 0 unspecified atom stereocenters. The minimum absolute atomic E-state index is 0.0772. The van der Waals surface area contributed by atoms with Crippen molar-refractivity contribution in [3.8, 4) is 11.3 Å². The van der Waals surface area contributed by atoms with E-state index >= 15 is 0 Å². The quantitative estimate of drug-likeness (QED) is 0.795. The number of aryl methyl sites for hydroxylation is 1. The van der Waals surface area contributed by atoms with Crippen molar-refractivity contribution in [1.29, 1.82) is 0 Å². The van der Waals surface area contributed by atoms with E-state index in [-0.39, 0.29) is 11.3 Å². The van der Waals surface area contributed by atoms with Crippen molar-refractivity contribution in [2.75, 3.05) is 0 Å². The lowest BCUT2D eigenvalue weighted by Gasteiger charge is -2.00. The molecule has 0 N–H and O–H groups in total. The molecule has 2 heterocycles.